The smallest absolute Gasteiger partial charge is 0.112 e. The molecular weight excluding hydrogens is 162 g/mol. The fourth-order valence-electron chi connectivity index (χ4n) is 1.38. The van der Waals surface area contributed by atoms with Crippen molar-refractivity contribution in [3.05, 3.63) is 29.6 Å². The summed E-state index contributed by atoms with van der Waals surface area (Å²) < 4.78 is 0. The van der Waals surface area contributed by atoms with Crippen LogP contribution in [-0.4, -0.2) is 9.97 Å². The fourth-order valence-corrected chi connectivity index (χ4v) is 1.38. The van der Waals surface area contributed by atoms with Crippen molar-refractivity contribution in [1.29, 1.82) is 0 Å². The predicted octanol–water partition coefficient (Wildman–Crippen LogP) is 1.83. The van der Waals surface area contributed by atoms with Crippen molar-refractivity contribution in [2.45, 2.75) is 13.8 Å². The van der Waals surface area contributed by atoms with E-state index in [2.05, 4.69) is 9.97 Å². The van der Waals surface area contributed by atoms with E-state index in [1.54, 1.807) is 6.20 Å². The first-order valence-corrected chi connectivity index (χ1v) is 4.16. The molecule has 0 aliphatic carbocycles. The summed E-state index contributed by atoms with van der Waals surface area (Å²) in [5.74, 6) is 0. The zero-order valence-electron chi connectivity index (χ0n) is 7.70. The van der Waals surface area contributed by atoms with Gasteiger partial charge < -0.3 is 5.73 Å². The number of nitrogen functional groups attached to an aromatic ring is 1. The van der Waals surface area contributed by atoms with Crippen LogP contribution < -0.4 is 5.73 Å². The second-order valence-electron chi connectivity index (χ2n) is 3.23. The molecule has 0 atom stereocenters. The second kappa shape index (κ2) is 2.69. The molecule has 0 aliphatic heterocycles. The van der Waals surface area contributed by atoms with E-state index in [1.807, 2.05) is 26.0 Å². The molecule has 0 saturated carbocycles. The monoisotopic (exact) mass is 173 g/mol. The van der Waals surface area contributed by atoms with Gasteiger partial charge in [0.05, 0.1) is 11.2 Å². The molecule has 3 heteroatoms. The Balaban J connectivity index is 2.86. The van der Waals surface area contributed by atoms with Crippen molar-refractivity contribution in [2.24, 2.45) is 0 Å². The molecule has 0 bridgehead atoms. The molecule has 0 aliphatic rings. The third-order valence-electron chi connectivity index (χ3n) is 1.94. The Kier molecular flexibility index (Phi) is 1.65. The Hall–Kier alpha value is -1.64. The summed E-state index contributed by atoms with van der Waals surface area (Å²) in [6, 6.07) is 3.83. The van der Waals surface area contributed by atoms with Crippen LogP contribution in [-0.2, 0) is 0 Å². The van der Waals surface area contributed by atoms with E-state index in [-0.39, 0.29) is 0 Å². The van der Waals surface area contributed by atoms with Gasteiger partial charge in [-0.05, 0) is 31.5 Å². The van der Waals surface area contributed by atoms with E-state index in [9.17, 15) is 0 Å². The summed E-state index contributed by atoms with van der Waals surface area (Å²) >= 11 is 0. The fraction of sp³-hybridized carbons (Fsp3) is 0.200. The maximum Gasteiger partial charge on any atom is 0.112 e. The maximum atomic E-state index is 5.80. The molecule has 0 fully saturated rings. The number of nitrogens with zero attached hydrogens (tertiary/aromatic N) is 2. The minimum Gasteiger partial charge on any atom is -0.397 e. The van der Waals surface area contributed by atoms with Crippen LogP contribution in [0, 0.1) is 13.8 Å². The van der Waals surface area contributed by atoms with E-state index >= 15 is 0 Å². The van der Waals surface area contributed by atoms with Crippen molar-refractivity contribution < 1.29 is 0 Å². The molecule has 0 unspecified atom stereocenters. The van der Waals surface area contributed by atoms with E-state index in [1.165, 1.54) is 0 Å². The van der Waals surface area contributed by atoms with E-state index in [0.29, 0.717) is 5.69 Å². The number of nitrogens with two attached hydrogens (primary N) is 1. The van der Waals surface area contributed by atoms with E-state index < -0.39 is 0 Å². The molecule has 3 nitrogen and oxygen atoms in total. The highest BCUT2D eigenvalue weighted by molar-refractivity contribution is 5.86. The molecule has 13 heavy (non-hydrogen) atoms. The SMILES string of the molecule is Cc1cnc2c(N)cc(C)nc2c1. The zero-order chi connectivity index (χ0) is 9.42. The van der Waals surface area contributed by atoms with Gasteiger partial charge in [0.25, 0.3) is 0 Å². The zero-order valence-corrected chi connectivity index (χ0v) is 7.70. The molecule has 66 valence electrons. The highest BCUT2D eigenvalue weighted by atomic mass is 14.8. The standard InChI is InChI=1S/C10H11N3/c1-6-3-9-10(12-5-6)8(11)4-7(2)13-9/h3-5H,1-2H3,(H2,11,13). The number of anilines is 1. The van der Waals surface area contributed by atoms with E-state index in [4.69, 9.17) is 5.73 Å². The summed E-state index contributed by atoms with van der Waals surface area (Å²) in [5.41, 5.74) is 10.2. The average molecular weight is 173 g/mol. The third kappa shape index (κ3) is 1.33. The predicted molar refractivity (Wildman–Crippen MR) is 53.4 cm³/mol. The summed E-state index contributed by atoms with van der Waals surface area (Å²) in [7, 11) is 0. The van der Waals surface area contributed by atoms with Crippen LogP contribution in [0.3, 0.4) is 0 Å². The molecule has 2 heterocycles. The number of rotatable bonds is 0. The van der Waals surface area contributed by atoms with Crippen molar-refractivity contribution in [1.82, 2.24) is 9.97 Å². The van der Waals surface area contributed by atoms with Gasteiger partial charge in [0.15, 0.2) is 0 Å². The minimum atomic E-state index is 0.697. The molecular formula is C10H11N3. The highest BCUT2D eigenvalue weighted by Crippen LogP contribution is 2.18. The lowest BCUT2D eigenvalue weighted by Crippen LogP contribution is -1.94. The molecule has 0 saturated heterocycles. The van der Waals surface area contributed by atoms with Gasteiger partial charge >= 0.3 is 0 Å². The first kappa shape index (κ1) is 7.98. The normalized spacial score (nSPS) is 10.6. The molecule has 0 spiro atoms. The lowest BCUT2D eigenvalue weighted by Gasteiger charge is -2.02. The van der Waals surface area contributed by atoms with Gasteiger partial charge in [-0.15, -0.1) is 0 Å². The Morgan fingerprint density at radius 3 is 2.77 bits per heavy atom. The van der Waals surface area contributed by atoms with Crippen LogP contribution in [0.4, 0.5) is 5.69 Å². The summed E-state index contributed by atoms with van der Waals surface area (Å²) in [5, 5.41) is 0. The number of aryl methyl sites for hydroxylation is 2. The van der Waals surface area contributed by atoms with Gasteiger partial charge in [-0.3, -0.25) is 9.97 Å². The van der Waals surface area contributed by atoms with Crippen molar-refractivity contribution in [2.75, 3.05) is 5.73 Å². The lowest BCUT2D eigenvalue weighted by molar-refractivity contribution is 1.22. The number of aromatic nitrogens is 2. The largest absolute Gasteiger partial charge is 0.397 e. The topological polar surface area (TPSA) is 51.8 Å². The van der Waals surface area contributed by atoms with Crippen LogP contribution >= 0.6 is 0 Å². The number of hydrogen-bond acceptors (Lipinski definition) is 3. The van der Waals surface area contributed by atoms with Gasteiger partial charge in [0.2, 0.25) is 0 Å². The number of fused-ring (bicyclic) bond motifs is 1. The lowest BCUT2D eigenvalue weighted by atomic mass is 10.2. The van der Waals surface area contributed by atoms with Crippen LogP contribution in [0.5, 0.6) is 0 Å². The van der Waals surface area contributed by atoms with Crippen molar-refractivity contribution >= 4 is 16.7 Å². The van der Waals surface area contributed by atoms with E-state index in [0.717, 1.165) is 22.3 Å². The van der Waals surface area contributed by atoms with Gasteiger partial charge in [0, 0.05) is 11.9 Å². The Morgan fingerprint density at radius 1 is 1.23 bits per heavy atom. The van der Waals surface area contributed by atoms with Gasteiger partial charge in [-0.25, -0.2) is 0 Å². The first-order valence-electron chi connectivity index (χ1n) is 4.16. The van der Waals surface area contributed by atoms with Gasteiger partial charge in [0.1, 0.15) is 5.52 Å². The number of hydrogen-bond donors (Lipinski definition) is 1. The average Bonchev–Trinajstić information content (AvgIpc) is 2.02. The van der Waals surface area contributed by atoms with Crippen LogP contribution in [0.25, 0.3) is 11.0 Å². The van der Waals surface area contributed by atoms with Crippen molar-refractivity contribution in [3.63, 3.8) is 0 Å². The van der Waals surface area contributed by atoms with Gasteiger partial charge in [-0.2, -0.15) is 0 Å². The maximum absolute atomic E-state index is 5.80. The first-order chi connectivity index (χ1) is 6.16. The molecule has 2 aromatic heterocycles. The van der Waals surface area contributed by atoms with Crippen molar-refractivity contribution in [3.8, 4) is 0 Å². The molecule has 2 rings (SSSR count). The summed E-state index contributed by atoms with van der Waals surface area (Å²) in [6.07, 6.45) is 1.80. The molecule has 0 amide bonds. The Labute approximate surface area is 76.6 Å². The summed E-state index contributed by atoms with van der Waals surface area (Å²) in [6.45, 7) is 3.92. The Bertz CT molecular complexity index is 458. The second-order valence-corrected chi connectivity index (χ2v) is 3.23. The third-order valence-corrected chi connectivity index (χ3v) is 1.94. The number of pyridine rings is 2. The van der Waals surface area contributed by atoms with Gasteiger partial charge in [-0.1, -0.05) is 0 Å². The summed E-state index contributed by atoms with van der Waals surface area (Å²) in [4.78, 5) is 8.59. The van der Waals surface area contributed by atoms with Crippen LogP contribution in [0.1, 0.15) is 11.3 Å². The molecule has 2 aromatic rings. The quantitative estimate of drug-likeness (QED) is 0.661. The van der Waals surface area contributed by atoms with Crippen LogP contribution in [0.15, 0.2) is 18.3 Å². The highest BCUT2D eigenvalue weighted by Gasteiger charge is 2.01. The minimum absolute atomic E-state index is 0.697. The molecule has 0 radical (unpaired) electrons. The van der Waals surface area contributed by atoms with Crippen LogP contribution in [0.2, 0.25) is 0 Å². The Morgan fingerprint density at radius 2 is 2.00 bits per heavy atom. The molecule has 2 N–H and O–H groups in total. The molecule has 0 aromatic carbocycles.